The second-order valence-electron chi connectivity index (χ2n) is 19.8. The predicted octanol–water partition coefficient (Wildman–Crippen LogP) is 16.1. The van der Waals surface area contributed by atoms with Crippen molar-refractivity contribution in [3.8, 4) is 33.4 Å². The number of benzene rings is 8. The molecular formula is C60H55N. The molecule has 0 radical (unpaired) electrons. The second-order valence-corrected chi connectivity index (χ2v) is 19.8. The van der Waals surface area contributed by atoms with Gasteiger partial charge >= 0.3 is 0 Å². The van der Waals surface area contributed by atoms with Crippen LogP contribution in [0.2, 0.25) is 0 Å². The van der Waals surface area contributed by atoms with Gasteiger partial charge in [0.05, 0.1) is 11.1 Å². The average Bonchev–Trinajstić information content (AvgIpc) is 3.69. The minimum atomic E-state index is -0.573. The highest BCUT2D eigenvalue weighted by atomic mass is 15.1. The maximum Gasteiger partial charge on any atom is 0.0714 e. The van der Waals surface area contributed by atoms with Gasteiger partial charge in [-0.2, -0.15) is 0 Å². The number of anilines is 3. The first-order valence-corrected chi connectivity index (χ1v) is 21.9. The molecule has 300 valence electrons. The van der Waals surface area contributed by atoms with E-state index in [0.29, 0.717) is 0 Å². The molecule has 8 aromatic carbocycles. The third-order valence-electron chi connectivity index (χ3n) is 13.7. The molecule has 2 aliphatic carbocycles. The van der Waals surface area contributed by atoms with Gasteiger partial charge in [0.15, 0.2) is 0 Å². The molecule has 0 saturated carbocycles. The minimum absolute atomic E-state index is 0.0216. The topological polar surface area (TPSA) is 3.24 Å². The Hall–Kier alpha value is -6.44. The fourth-order valence-electron chi connectivity index (χ4n) is 10.4. The number of hydrogen-bond donors (Lipinski definition) is 0. The van der Waals surface area contributed by atoms with E-state index in [-0.39, 0.29) is 16.2 Å². The molecular weight excluding hydrogens is 735 g/mol. The van der Waals surface area contributed by atoms with Crippen LogP contribution in [-0.4, -0.2) is 0 Å². The van der Waals surface area contributed by atoms with E-state index in [2.05, 4.69) is 248 Å². The molecule has 10 rings (SSSR count). The SMILES string of the molecule is CC(C)(C)c1cccc(C2(c3cccc(C(C)(C)C)c3)c3ccccc3-c3ccc(N(c4ccc5c(c4)C(C)(C)c4ccccc4-5)c4ccccc4-c4ccccc4)cc32)c1. The van der Waals surface area contributed by atoms with Gasteiger partial charge in [0.2, 0.25) is 0 Å². The van der Waals surface area contributed by atoms with E-state index in [9.17, 15) is 0 Å². The molecule has 0 fully saturated rings. The number of fused-ring (bicyclic) bond motifs is 6. The zero-order chi connectivity index (χ0) is 42.3. The van der Waals surface area contributed by atoms with Crippen LogP contribution < -0.4 is 4.90 Å². The van der Waals surface area contributed by atoms with Crippen molar-refractivity contribution in [3.63, 3.8) is 0 Å². The van der Waals surface area contributed by atoms with Crippen LogP contribution in [0.4, 0.5) is 17.1 Å². The molecule has 0 unspecified atom stereocenters. The molecule has 1 heteroatoms. The van der Waals surface area contributed by atoms with Gasteiger partial charge in [0.1, 0.15) is 0 Å². The number of para-hydroxylation sites is 1. The van der Waals surface area contributed by atoms with Crippen LogP contribution in [0.15, 0.2) is 188 Å². The first kappa shape index (κ1) is 38.7. The summed E-state index contributed by atoms with van der Waals surface area (Å²) in [6.45, 7) is 18.7. The lowest BCUT2D eigenvalue weighted by atomic mass is 9.66. The van der Waals surface area contributed by atoms with Crippen LogP contribution in [0.25, 0.3) is 33.4 Å². The lowest BCUT2D eigenvalue weighted by Gasteiger charge is -2.37. The van der Waals surface area contributed by atoms with Crippen molar-refractivity contribution in [2.75, 3.05) is 4.90 Å². The number of nitrogens with zero attached hydrogens (tertiary/aromatic N) is 1. The fourth-order valence-corrected chi connectivity index (χ4v) is 10.4. The molecule has 0 heterocycles. The fraction of sp³-hybridized carbons (Fsp3) is 0.200. The van der Waals surface area contributed by atoms with E-state index in [1.54, 1.807) is 0 Å². The summed E-state index contributed by atoms with van der Waals surface area (Å²) < 4.78 is 0. The van der Waals surface area contributed by atoms with Gasteiger partial charge in [-0.15, -0.1) is 0 Å². The molecule has 0 amide bonds. The summed E-state index contributed by atoms with van der Waals surface area (Å²) in [6, 6.07) is 71.2. The first-order valence-electron chi connectivity index (χ1n) is 21.9. The maximum atomic E-state index is 2.53. The van der Waals surface area contributed by atoms with Crippen molar-refractivity contribution in [2.24, 2.45) is 0 Å². The van der Waals surface area contributed by atoms with Crippen LogP contribution in [0.3, 0.4) is 0 Å². The van der Waals surface area contributed by atoms with Crippen molar-refractivity contribution in [1.29, 1.82) is 0 Å². The Morgan fingerprint density at radius 2 is 0.820 bits per heavy atom. The molecule has 0 saturated heterocycles. The Bertz CT molecular complexity index is 2910. The van der Waals surface area contributed by atoms with E-state index in [4.69, 9.17) is 0 Å². The molecule has 8 aromatic rings. The van der Waals surface area contributed by atoms with E-state index in [1.165, 1.54) is 77.9 Å². The highest BCUT2D eigenvalue weighted by Gasteiger charge is 2.47. The Kier molecular flexibility index (Phi) is 8.93. The molecule has 2 aliphatic rings. The summed E-state index contributed by atoms with van der Waals surface area (Å²) in [5, 5.41) is 0. The lowest BCUT2D eigenvalue weighted by Crippen LogP contribution is -2.30. The van der Waals surface area contributed by atoms with Gasteiger partial charge in [-0.05, 0) is 113 Å². The zero-order valence-electron chi connectivity index (χ0n) is 36.8. The molecule has 0 N–H and O–H groups in total. The highest BCUT2D eigenvalue weighted by Crippen LogP contribution is 2.59. The standard InChI is InChI=1S/C60H55N/c1-57(2,3)41-22-18-24-43(36-41)60(44-25-19-23-42(37-44)58(4,5)6)53-30-16-13-28-49(53)51-35-33-46(39-55(51)60)61(56-31-17-14-26-47(56)40-20-10-9-11-21-40)45-32-34-50-48-27-12-15-29-52(48)59(7,8)54(50)38-45/h9-39H,1-8H3. The van der Waals surface area contributed by atoms with Crippen LogP contribution in [-0.2, 0) is 21.7 Å². The molecule has 0 spiro atoms. The summed E-state index contributed by atoms with van der Waals surface area (Å²) in [7, 11) is 0. The third kappa shape index (κ3) is 6.12. The third-order valence-corrected chi connectivity index (χ3v) is 13.7. The van der Waals surface area contributed by atoms with Gasteiger partial charge in [0.25, 0.3) is 0 Å². The Morgan fingerprint density at radius 1 is 0.361 bits per heavy atom. The van der Waals surface area contributed by atoms with E-state index >= 15 is 0 Å². The summed E-state index contributed by atoms with van der Waals surface area (Å²) in [5.74, 6) is 0. The van der Waals surface area contributed by atoms with Crippen molar-refractivity contribution < 1.29 is 0 Å². The normalized spacial score (nSPS) is 14.5. The van der Waals surface area contributed by atoms with E-state index < -0.39 is 5.41 Å². The molecule has 0 atom stereocenters. The molecule has 61 heavy (non-hydrogen) atoms. The van der Waals surface area contributed by atoms with E-state index in [0.717, 1.165) is 17.1 Å². The quantitative estimate of drug-likeness (QED) is 0.162. The molecule has 0 aliphatic heterocycles. The zero-order valence-corrected chi connectivity index (χ0v) is 36.8. The summed E-state index contributed by atoms with van der Waals surface area (Å²) in [4.78, 5) is 2.52. The maximum absolute atomic E-state index is 2.53. The van der Waals surface area contributed by atoms with Gasteiger partial charge in [0, 0.05) is 22.4 Å². The van der Waals surface area contributed by atoms with Gasteiger partial charge < -0.3 is 4.90 Å². The van der Waals surface area contributed by atoms with Crippen molar-refractivity contribution in [2.45, 2.75) is 77.0 Å². The van der Waals surface area contributed by atoms with Crippen molar-refractivity contribution in [3.05, 3.63) is 233 Å². The Labute approximate surface area is 363 Å². The van der Waals surface area contributed by atoms with E-state index in [1.807, 2.05) is 0 Å². The lowest BCUT2D eigenvalue weighted by molar-refractivity contribution is 0.585. The monoisotopic (exact) mass is 789 g/mol. The average molecular weight is 790 g/mol. The molecule has 0 aromatic heterocycles. The number of rotatable bonds is 6. The van der Waals surface area contributed by atoms with Gasteiger partial charge in [-0.1, -0.05) is 213 Å². The van der Waals surface area contributed by atoms with Crippen LogP contribution in [0, 0.1) is 0 Å². The molecule has 0 bridgehead atoms. The van der Waals surface area contributed by atoms with Crippen LogP contribution in [0.1, 0.15) is 99.9 Å². The first-order chi connectivity index (χ1) is 29.3. The minimum Gasteiger partial charge on any atom is -0.310 e. The van der Waals surface area contributed by atoms with Crippen molar-refractivity contribution in [1.82, 2.24) is 0 Å². The largest absolute Gasteiger partial charge is 0.310 e. The summed E-state index contributed by atoms with van der Waals surface area (Å²) in [6.07, 6.45) is 0. The van der Waals surface area contributed by atoms with Gasteiger partial charge in [-0.3, -0.25) is 0 Å². The van der Waals surface area contributed by atoms with Crippen LogP contribution >= 0.6 is 0 Å². The second kappa shape index (κ2) is 14.1. The summed E-state index contributed by atoms with van der Waals surface area (Å²) in [5.41, 5.74) is 20.9. The highest BCUT2D eigenvalue weighted by molar-refractivity contribution is 5.93. The number of hydrogen-bond acceptors (Lipinski definition) is 1. The predicted molar refractivity (Wildman–Crippen MR) is 259 cm³/mol. The molecule has 1 nitrogen and oxygen atoms in total. The smallest absolute Gasteiger partial charge is 0.0714 e. The van der Waals surface area contributed by atoms with Crippen molar-refractivity contribution >= 4 is 17.1 Å². The Morgan fingerprint density at radius 3 is 1.41 bits per heavy atom. The Balaban J connectivity index is 1.28. The van der Waals surface area contributed by atoms with Gasteiger partial charge in [-0.25, -0.2) is 0 Å². The summed E-state index contributed by atoms with van der Waals surface area (Å²) >= 11 is 0. The van der Waals surface area contributed by atoms with Crippen LogP contribution in [0.5, 0.6) is 0 Å².